The van der Waals surface area contributed by atoms with Crippen LogP contribution in [0.4, 0.5) is 0 Å². The largest absolute Gasteiger partial charge is 0.504 e. The molecule has 0 saturated heterocycles. The van der Waals surface area contributed by atoms with E-state index in [0.29, 0.717) is 12.1 Å². The molecule has 0 aromatic heterocycles. The minimum Gasteiger partial charge on any atom is -0.504 e. The zero-order valence-electron chi connectivity index (χ0n) is 13.4. The van der Waals surface area contributed by atoms with Crippen molar-refractivity contribution in [2.45, 2.75) is 13.3 Å². The van der Waals surface area contributed by atoms with E-state index in [0.717, 1.165) is 12.0 Å². The van der Waals surface area contributed by atoms with E-state index in [9.17, 15) is 14.7 Å². The minimum atomic E-state index is -0.523. The summed E-state index contributed by atoms with van der Waals surface area (Å²) in [4.78, 5) is 22.8. The SMILES string of the molecule is CC(=O)Oc1cc(/C=C/C(=O)NCCc2ccccc2)ccc1O. The third-order valence-corrected chi connectivity index (χ3v) is 3.22. The van der Waals surface area contributed by atoms with Crippen molar-refractivity contribution in [3.05, 3.63) is 65.7 Å². The molecule has 2 rings (SSSR count). The molecule has 2 aromatic carbocycles. The summed E-state index contributed by atoms with van der Waals surface area (Å²) in [6.07, 6.45) is 3.75. The highest BCUT2D eigenvalue weighted by molar-refractivity contribution is 5.91. The Morgan fingerprint density at radius 2 is 1.92 bits per heavy atom. The van der Waals surface area contributed by atoms with Gasteiger partial charge in [-0.1, -0.05) is 36.4 Å². The Morgan fingerprint density at radius 1 is 1.17 bits per heavy atom. The Balaban J connectivity index is 1.88. The van der Waals surface area contributed by atoms with Gasteiger partial charge in [-0.3, -0.25) is 9.59 Å². The molecule has 124 valence electrons. The number of amides is 1. The first-order chi connectivity index (χ1) is 11.5. The van der Waals surface area contributed by atoms with Crippen LogP contribution >= 0.6 is 0 Å². The molecule has 0 radical (unpaired) electrons. The summed E-state index contributed by atoms with van der Waals surface area (Å²) < 4.78 is 4.88. The minimum absolute atomic E-state index is 0.0640. The van der Waals surface area contributed by atoms with Gasteiger partial charge < -0.3 is 15.2 Å². The molecular formula is C19H19NO4. The molecule has 5 heteroatoms. The van der Waals surface area contributed by atoms with E-state index in [2.05, 4.69) is 5.32 Å². The molecule has 0 fully saturated rings. The third-order valence-electron chi connectivity index (χ3n) is 3.22. The number of phenols is 1. The Morgan fingerprint density at radius 3 is 2.62 bits per heavy atom. The summed E-state index contributed by atoms with van der Waals surface area (Å²) in [5, 5.41) is 12.4. The van der Waals surface area contributed by atoms with Crippen molar-refractivity contribution in [1.29, 1.82) is 0 Å². The molecule has 0 aliphatic heterocycles. The van der Waals surface area contributed by atoms with E-state index in [4.69, 9.17) is 4.74 Å². The second-order valence-electron chi connectivity index (χ2n) is 5.18. The molecule has 2 N–H and O–H groups in total. The monoisotopic (exact) mass is 325 g/mol. The number of aromatic hydroxyl groups is 1. The van der Waals surface area contributed by atoms with Crippen molar-refractivity contribution in [2.75, 3.05) is 6.54 Å². The standard InChI is InChI=1S/C19H19NO4/c1-14(21)24-18-13-16(7-9-17(18)22)8-10-19(23)20-12-11-15-5-3-2-4-6-15/h2-10,13,22H,11-12H2,1H3,(H,20,23)/b10-8+. The maximum atomic E-state index is 11.8. The number of hydrogen-bond acceptors (Lipinski definition) is 4. The summed E-state index contributed by atoms with van der Waals surface area (Å²) in [5.74, 6) is -0.804. The van der Waals surface area contributed by atoms with E-state index >= 15 is 0 Å². The molecule has 24 heavy (non-hydrogen) atoms. The fourth-order valence-electron chi connectivity index (χ4n) is 2.08. The molecule has 0 spiro atoms. The van der Waals surface area contributed by atoms with Crippen LogP contribution in [0.25, 0.3) is 6.08 Å². The van der Waals surface area contributed by atoms with Crippen LogP contribution < -0.4 is 10.1 Å². The third kappa shape index (κ3) is 5.61. The Bertz CT molecular complexity index is 738. The van der Waals surface area contributed by atoms with Crippen molar-refractivity contribution < 1.29 is 19.4 Å². The van der Waals surface area contributed by atoms with Gasteiger partial charge in [0, 0.05) is 19.5 Å². The van der Waals surface area contributed by atoms with Gasteiger partial charge in [-0.25, -0.2) is 0 Å². The molecule has 0 aliphatic rings. The zero-order valence-corrected chi connectivity index (χ0v) is 13.4. The van der Waals surface area contributed by atoms with E-state index < -0.39 is 5.97 Å². The number of esters is 1. The highest BCUT2D eigenvalue weighted by Gasteiger charge is 2.05. The smallest absolute Gasteiger partial charge is 0.308 e. The maximum absolute atomic E-state index is 11.8. The van der Waals surface area contributed by atoms with Crippen molar-refractivity contribution in [3.63, 3.8) is 0 Å². The average Bonchev–Trinajstić information content (AvgIpc) is 2.56. The highest BCUT2D eigenvalue weighted by atomic mass is 16.5. The van der Waals surface area contributed by atoms with E-state index in [1.165, 1.54) is 25.1 Å². The van der Waals surface area contributed by atoms with Crippen LogP contribution in [0, 0.1) is 0 Å². The average molecular weight is 325 g/mol. The molecule has 0 saturated carbocycles. The molecule has 0 aliphatic carbocycles. The topological polar surface area (TPSA) is 75.6 Å². The first kappa shape index (κ1) is 17.3. The first-order valence-corrected chi connectivity index (χ1v) is 7.56. The van der Waals surface area contributed by atoms with Gasteiger partial charge in [0.1, 0.15) is 0 Å². The Labute approximate surface area is 140 Å². The number of ether oxygens (including phenoxy) is 1. The second-order valence-corrected chi connectivity index (χ2v) is 5.18. The van der Waals surface area contributed by atoms with Crippen molar-refractivity contribution in [3.8, 4) is 11.5 Å². The van der Waals surface area contributed by atoms with Crippen LogP contribution in [-0.4, -0.2) is 23.5 Å². The predicted molar refractivity (Wildman–Crippen MR) is 91.6 cm³/mol. The van der Waals surface area contributed by atoms with Crippen molar-refractivity contribution in [2.24, 2.45) is 0 Å². The number of nitrogens with one attached hydrogen (secondary N) is 1. The van der Waals surface area contributed by atoms with E-state index in [1.54, 1.807) is 12.1 Å². The van der Waals surface area contributed by atoms with Crippen LogP contribution in [0.5, 0.6) is 11.5 Å². The van der Waals surface area contributed by atoms with Gasteiger partial charge >= 0.3 is 5.97 Å². The van der Waals surface area contributed by atoms with Crippen molar-refractivity contribution in [1.82, 2.24) is 5.32 Å². The molecule has 0 heterocycles. The molecular weight excluding hydrogens is 306 g/mol. The number of hydrogen-bond donors (Lipinski definition) is 2. The molecule has 0 atom stereocenters. The van der Waals surface area contributed by atoms with Crippen LogP contribution in [0.3, 0.4) is 0 Å². The Hall–Kier alpha value is -3.08. The number of carbonyl (C=O) groups is 2. The van der Waals surface area contributed by atoms with Crippen LogP contribution in [0.1, 0.15) is 18.1 Å². The van der Waals surface area contributed by atoms with Gasteiger partial charge in [-0.15, -0.1) is 0 Å². The van der Waals surface area contributed by atoms with Gasteiger partial charge in [-0.05, 0) is 35.8 Å². The van der Waals surface area contributed by atoms with Gasteiger partial charge in [0.15, 0.2) is 11.5 Å². The van der Waals surface area contributed by atoms with Crippen molar-refractivity contribution >= 4 is 18.0 Å². The molecule has 0 unspecified atom stereocenters. The summed E-state index contributed by atoms with van der Waals surface area (Å²) in [7, 11) is 0. The number of carbonyl (C=O) groups excluding carboxylic acids is 2. The quantitative estimate of drug-likeness (QED) is 0.486. The maximum Gasteiger partial charge on any atom is 0.308 e. The van der Waals surface area contributed by atoms with Gasteiger partial charge in [0.2, 0.25) is 5.91 Å². The van der Waals surface area contributed by atoms with E-state index in [-0.39, 0.29) is 17.4 Å². The Kier molecular flexibility index (Phi) is 6.14. The lowest BCUT2D eigenvalue weighted by molar-refractivity contribution is -0.132. The summed E-state index contributed by atoms with van der Waals surface area (Å²) in [5.41, 5.74) is 1.80. The highest BCUT2D eigenvalue weighted by Crippen LogP contribution is 2.27. The van der Waals surface area contributed by atoms with E-state index in [1.807, 2.05) is 30.3 Å². The number of phenolic OH excluding ortho intramolecular Hbond substituents is 1. The lowest BCUT2D eigenvalue weighted by atomic mass is 10.1. The molecule has 1 amide bonds. The van der Waals surface area contributed by atoms with Gasteiger partial charge in [0.25, 0.3) is 0 Å². The summed E-state index contributed by atoms with van der Waals surface area (Å²) >= 11 is 0. The fourth-order valence-corrected chi connectivity index (χ4v) is 2.08. The lowest BCUT2D eigenvalue weighted by Crippen LogP contribution is -2.23. The number of benzene rings is 2. The summed E-state index contributed by atoms with van der Waals surface area (Å²) in [6, 6.07) is 14.4. The molecule has 0 bridgehead atoms. The van der Waals surface area contributed by atoms with Crippen LogP contribution in [-0.2, 0) is 16.0 Å². The second kappa shape index (κ2) is 8.53. The molecule has 5 nitrogen and oxygen atoms in total. The normalized spacial score (nSPS) is 10.5. The zero-order chi connectivity index (χ0) is 17.4. The molecule has 2 aromatic rings. The van der Waals surface area contributed by atoms with Crippen LogP contribution in [0.2, 0.25) is 0 Å². The number of rotatable bonds is 6. The summed E-state index contributed by atoms with van der Waals surface area (Å²) in [6.45, 7) is 1.80. The predicted octanol–water partition coefficient (Wildman–Crippen LogP) is 2.69. The van der Waals surface area contributed by atoms with Gasteiger partial charge in [-0.2, -0.15) is 0 Å². The van der Waals surface area contributed by atoms with Gasteiger partial charge in [0.05, 0.1) is 0 Å². The lowest BCUT2D eigenvalue weighted by Gasteiger charge is -2.05. The van der Waals surface area contributed by atoms with Crippen LogP contribution in [0.15, 0.2) is 54.6 Å². The first-order valence-electron chi connectivity index (χ1n) is 7.56. The fraction of sp³-hybridized carbons (Fsp3) is 0.158.